The highest BCUT2D eigenvalue weighted by molar-refractivity contribution is 4.83. The van der Waals surface area contributed by atoms with Gasteiger partial charge in [0, 0.05) is 32.2 Å². The molecule has 0 radical (unpaired) electrons. The molecule has 0 spiro atoms. The Morgan fingerprint density at radius 3 is 2.60 bits per heavy atom. The van der Waals surface area contributed by atoms with E-state index in [9.17, 15) is 0 Å². The molecule has 1 unspecified atom stereocenters. The molecule has 1 heterocycles. The zero-order valence-corrected chi connectivity index (χ0v) is 11.1. The van der Waals surface area contributed by atoms with Crippen LogP contribution in [0, 0.1) is 11.3 Å². The van der Waals surface area contributed by atoms with Gasteiger partial charge < -0.3 is 5.32 Å². The molecule has 0 aromatic heterocycles. The fourth-order valence-electron chi connectivity index (χ4n) is 2.15. The van der Waals surface area contributed by atoms with E-state index in [1.165, 1.54) is 26.1 Å². The monoisotopic (exact) mass is 212 g/mol. The quantitative estimate of drug-likeness (QED) is 0.769. The van der Waals surface area contributed by atoms with E-state index in [0.717, 1.165) is 12.5 Å². The molecule has 1 aliphatic heterocycles. The fourth-order valence-corrected chi connectivity index (χ4v) is 2.15. The first-order valence-corrected chi connectivity index (χ1v) is 6.40. The lowest BCUT2D eigenvalue weighted by Crippen LogP contribution is -2.54. The van der Waals surface area contributed by atoms with Gasteiger partial charge in [-0.05, 0) is 17.8 Å². The van der Waals surface area contributed by atoms with Crippen LogP contribution in [-0.2, 0) is 0 Å². The van der Waals surface area contributed by atoms with Gasteiger partial charge in [-0.25, -0.2) is 0 Å². The van der Waals surface area contributed by atoms with E-state index in [1.807, 2.05) is 0 Å². The molecule has 1 atom stereocenters. The molecule has 0 amide bonds. The first kappa shape index (κ1) is 13.0. The molecule has 90 valence electrons. The summed E-state index contributed by atoms with van der Waals surface area (Å²) < 4.78 is 0. The molecule has 1 N–H and O–H groups in total. The predicted octanol–water partition coefficient (Wildman–Crippen LogP) is 2.35. The van der Waals surface area contributed by atoms with Crippen LogP contribution in [0.5, 0.6) is 0 Å². The second kappa shape index (κ2) is 5.31. The van der Waals surface area contributed by atoms with Gasteiger partial charge in [-0.3, -0.25) is 4.90 Å². The molecule has 2 nitrogen and oxygen atoms in total. The van der Waals surface area contributed by atoms with E-state index >= 15 is 0 Å². The number of hydrogen-bond acceptors (Lipinski definition) is 2. The van der Waals surface area contributed by atoms with Gasteiger partial charge >= 0.3 is 0 Å². The van der Waals surface area contributed by atoms with Crippen molar-refractivity contribution >= 4 is 0 Å². The van der Waals surface area contributed by atoms with Gasteiger partial charge in [0.25, 0.3) is 0 Å². The van der Waals surface area contributed by atoms with Crippen LogP contribution in [0.15, 0.2) is 0 Å². The molecule has 15 heavy (non-hydrogen) atoms. The van der Waals surface area contributed by atoms with E-state index in [4.69, 9.17) is 0 Å². The van der Waals surface area contributed by atoms with Crippen molar-refractivity contribution in [1.29, 1.82) is 0 Å². The summed E-state index contributed by atoms with van der Waals surface area (Å²) in [6.45, 7) is 16.5. The molecule has 0 bridgehead atoms. The molecular formula is C13H28N2. The molecule has 1 rings (SSSR count). The maximum absolute atomic E-state index is 3.61. The Morgan fingerprint density at radius 2 is 2.07 bits per heavy atom. The fraction of sp³-hybridized carbons (Fsp3) is 1.00. The van der Waals surface area contributed by atoms with Crippen molar-refractivity contribution < 1.29 is 0 Å². The Bertz CT molecular complexity index is 187. The Hall–Kier alpha value is -0.0800. The van der Waals surface area contributed by atoms with Crippen LogP contribution < -0.4 is 5.32 Å². The van der Waals surface area contributed by atoms with E-state index in [1.54, 1.807) is 0 Å². The SMILES string of the molecule is CCC(C)(C)CN1CCNC(C(C)C)C1. The lowest BCUT2D eigenvalue weighted by Gasteiger charge is -2.39. The number of piperazine rings is 1. The van der Waals surface area contributed by atoms with Gasteiger partial charge in [-0.15, -0.1) is 0 Å². The summed E-state index contributed by atoms with van der Waals surface area (Å²) in [7, 11) is 0. The lowest BCUT2D eigenvalue weighted by molar-refractivity contribution is 0.121. The van der Waals surface area contributed by atoms with Crippen LogP contribution in [0.3, 0.4) is 0 Å². The molecule has 1 saturated heterocycles. The van der Waals surface area contributed by atoms with Crippen LogP contribution in [0.25, 0.3) is 0 Å². The summed E-state index contributed by atoms with van der Waals surface area (Å²) in [6, 6.07) is 0.686. The first-order valence-electron chi connectivity index (χ1n) is 6.40. The van der Waals surface area contributed by atoms with Crippen LogP contribution in [0.4, 0.5) is 0 Å². The highest BCUT2D eigenvalue weighted by Gasteiger charge is 2.25. The van der Waals surface area contributed by atoms with Crippen LogP contribution in [-0.4, -0.2) is 37.1 Å². The van der Waals surface area contributed by atoms with Crippen LogP contribution in [0.2, 0.25) is 0 Å². The molecular weight excluding hydrogens is 184 g/mol. The average Bonchev–Trinajstić information content (AvgIpc) is 2.17. The largest absolute Gasteiger partial charge is 0.311 e. The van der Waals surface area contributed by atoms with Gasteiger partial charge in [0.15, 0.2) is 0 Å². The maximum atomic E-state index is 3.61. The summed E-state index contributed by atoms with van der Waals surface area (Å²) >= 11 is 0. The zero-order chi connectivity index (χ0) is 11.5. The highest BCUT2D eigenvalue weighted by Crippen LogP contribution is 2.22. The summed E-state index contributed by atoms with van der Waals surface area (Å²) in [5.41, 5.74) is 0.471. The topological polar surface area (TPSA) is 15.3 Å². The molecule has 0 saturated carbocycles. The second-order valence-electron chi connectivity index (χ2n) is 6.06. The number of nitrogens with one attached hydrogen (secondary N) is 1. The molecule has 0 aliphatic carbocycles. The normalized spacial score (nSPS) is 24.8. The molecule has 2 heteroatoms. The van der Waals surface area contributed by atoms with Crippen molar-refractivity contribution in [2.24, 2.45) is 11.3 Å². The first-order chi connectivity index (χ1) is 6.94. The van der Waals surface area contributed by atoms with E-state index in [-0.39, 0.29) is 0 Å². The van der Waals surface area contributed by atoms with Gasteiger partial charge in [0.05, 0.1) is 0 Å². The Labute approximate surface area is 95.4 Å². The van der Waals surface area contributed by atoms with Crippen LogP contribution >= 0.6 is 0 Å². The third-order valence-electron chi connectivity index (χ3n) is 3.70. The van der Waals surface area contributed by atoms with E-state index in [0.29, 0.717) is 11.5 Å². The van der Waals surface area contributed by atoms with Gasteiger partial charge in [-0.1, -0.05) is 34.6 Å². The van der Waals surface area contributed by atoms with Crippen LogP contribution in [0.1, 0.15) is 41.0 Å². The van der Waals surface area contributed by atoms with E-state index in [2.05, 4.69) is 44.8 Å². The van der Waals surface area contributed by atoms with Crippen molar-refractivity contribution in [3.8, 4) is 0 Å². The maximum Gasteiger partial charge on any atom is 0.0218 e. The minimum Gasteiger partial charge on any atom is -0.311 e. The summed E-state index contributed by atoms with van der Waals surface area (Å²) in [5, 5.41) is 3.61. The Morgan fingerprint density at radius 1 is 1.40 bits per heavy atom. The van der Waals surface area contributed by atoms with Gasteiger partial charge in [0.2, 0.25) is 0 Å². The molecule has 0 aromatic rings. The number of rotatable bonds is 4. The van der Waals surface area contributed by atoms with Crippen molar-refractivity contribution in [2.75, 3.05) is 26.2 Å². The summed E-state index contributed by atoms with van der Waals surface area (Å²) in [4.78, 5) is 2.63. The van der Waals surface area contributed by atoms with Gasteiger partial charge in [-0.2, -0.15) is 0 Å². The molecule has 1 fully saturated rings. The third-order valence-corrected chi connectivity index (χ3v) is 3.70. The van der Waals surface area contributed by atoms with Gasteiger partial charge in [0.1, 0.15) is 0 Å². The van der Waals surface area contributed by atoms with Crippen molar-refractivity contribution in [2.45, 2.75) is 47.1 Å². The number of nitrogens with zero attached hydrogens (tertiary/aromatic N) is 1. The van der Waals surface area contributed by atoms with Crippen molar-refractivity contribution in [3.63, 3.8) is 0 Å². The minimum atomic E-state index is 0.471. The Balaban J connectivity index is 2.43. The lowest BCUT2D eigenvalue weighted by atomic mass is 9.89. The summed E-state index contributed by atoms with van der Waals surface area (Å²) in [5.74, 6) is 0.748. The second-order valence-corrected chi connectivity index (χ2v) is 6.06. The summed E-state index contributed by atoms with van der Waals surface area (Å²) in [6.07, 6.45) is 1.27. The molecule has 1 aliphatic rings. The standard InChI is InChI=1S/C13H28N2/c1-6-13(4,5)10-15-8-7-14-12(9-15)11(2)3/h11-12,14H,6-10H2,1-5H3. The number of hydrogen-bond donors (Lipinski definition) is 1. The average molecular weight is 212 g/mol. The van der Waals surface area contributed by atoms with Crippen molar-refractivity contribution in [1.82, 2.24) is 10.2 Å². The van der Waals surface area contributed by atoms with E-state index < -0.39 is 0 Å². The highest BCUT2D eigenvalue weighted by atomic mass is 15.2. The zero-order valence-electron chi connectivity index (χ0n) is 11.1. The Kier molecular flexibility index (Phi) is 4.60. The predicted molar refractivity (Wildman–Crippen MR) is 67.1 cm³/mol. The minimum absolute atomic E-state index is 0.471. The smallest absolute Gasteiger partial charge is 0.0218 e. The van der Waals surface area contributed by atoms with Crippen molar-refractivity contribution in [3.05, 3.63) is 0 Å². The third kappa shape index (κ3) is 4.12. The molecule has 0 aromatic carbocycles.